The Morgan fingerprint density at radius 1 is 1.50 bits per heavy atom. The van der Waals surface area contributed by atoms with E-state index in [4.69, 9.17) is 0 Å². The minimum absolute atomic E-state index is 0.278. The van der Waals surface area contributed by atoms with Crippen LogP contribution in [0.3, 0.4) is 0 Å². The van der Waals surface area contributed by atoms with Gasteiger partial charge in [-0.3, -0.25) is 9.69 Å². The molecule has 1 fully saturated rings. The summed E-state index contributed by atoms with van der Waals surface area (Å²) in [5.41, 5.74) is 0. The molecule has 10 heavy (non-hydrogen) atoms. The van der Waals surface area contributed by atoms with Gasteiger partial charge < -0.3 is 0 Å². The Bertz CT molecular complexity index is 112. The summed E-state index contributed by atoms with van der Waals surface area (Å²) in [5.74, 6) is 0.660. The summed E-state index contributed by atoms with van der Waals surface area (Å²) in [6, 6.07) is 0. The highest BCUT2D eigenvalue weighted by molar-refractivity contribution is 5.84. The van der Waals surface area contributed by atoms with Crippen molar-refractivity contribution < 1.29 is 4.79 Å². The second-order valence-electron chi connectivity index (χ2n) is 2.56. The zero-order valence-corrected chi connectivity index (χ0v) is 7.35. The van der Waals surface area contributed by atoms with E-state index in [9.17, 15) is 4.79 Å². The number of Topliss-reactive ketones (excluding diaryl/α,β-unsaturated/α-hetero) is 1. The summed E-state index contributed by atoms with van der Waals surface area (Å²) >= 11 is 0. The van der Waals surface area contributed by atoms with Gasteiger partial charge in [0, 0.05) is 12.5 Å². The van der Waals surface area contributed by atoms with Crippen molar-refractivity contribution in [2.45, 2.75) is 20.8 Å². The summed E-state index contributed by atoms with van der Waals surface area (Å²) in [5, 5.41) is 0. The quantitative estimate of drug-likeness (QED) is 0.507. The maximum Gasteiger partial charge on any atom is 0.150 e. The average molecular weight is 143 g/mol. The minimum atomic E-state index is 0.278. The number of rotatable bonds is 0. The standard InChI is InChI=1S/C6H11NO.C2H6/c1-5-3-7(2)4-6(5)8;1-2/h5H,3-4H2,1-2H3;1-2H3. The van der Waals surface area contributed by atoms with E-state index in [1.165, 1.54) is 0 Å². The third-order valence-corrected chi connectivity index (χ3v) is 1.56. The molecule has 1 rings (SSSR count). The molecule has 60 valence electrons. The zero-order chi connectivity index (χ0) is 8.15. The van der Waals surface area contributed by atoms with Crippen molar-refractivity contribution >= 4 is 5.78 Å². The van der Waals surface area contributed by atoms with Crippen molar-refractivity contribution in [3.8, 4) is 0 Å². The molecule has 0 bridgehead atoms. The fraction of sp³-hybridized carbons (Fsp3) is 0.875. The molecule has 0 aromatic heterocycles. The average Bonchev–Trinajstić information content (AvgIpc) is 2.16. The van der Waals surface area contributed by atoms with E-state index in [0.29, 0.717) is 12.3 Å². The van der Waals surface area contributed by atoms with Crippen LogP contribution in [0.2, 0.25) is 0 Å². The Hall–Kier alpha value is -0.370. The lowest BCUT2D eigenvalue weighted by Gasteiger charge is -2.01. The van der Waals surface area contributed by atoms with Gasteiger partial charge in [-0.2, -0.15) is 0 Å². The van der Waals surface area contributed by atoms with Gasteiger partial charge in [-0.1, -0.05) is 20.8 Å². The highest BCUT2D eigenvalue weighted by atomic mass is 16.1. The molecular weight excluding hydrogens is 126 g/mol. The van der Waals surface area contributed by atoms with E-state index >= 15 is 0 Å². The molecule has 0 aliphatic carbocycles. The Kier molecular flexibility index (Phi) is 4.28. The minimum Gasteiger partial charge on any atom is -0.298 e. The summed E-state index contributed by atoms with van der Waals surface area (Å²) < 4.78 is 0. The summed E-state index contributed by atoms with van der Waals surface area (Å²) in [6.07, 6.45) is 0. The number of likely N-dealkylation sites (tertiary alicyclic amines) is 1. The number of carbonyl (C=O) groups is 1. The molecule has 1 atom stereocenters. The Balaban J connectivity index is 0.000000371. The van der Waals surface area contributed by atoms with Crippen LogP contribution in [0.15, 0.2) is 0 Å². The van der Waals surface area contributed by atoms with Crippen LogP contribution in [0.5, 0.6) is 0 Å². The third kappa shape index (κ3) is 2.48. The highest BCUT2D eigenvalue weighted by Gasteiger charge is 2.23. The van der Waals surface area contributed by atoms with E-state index in [2.05, 4.69) is 0 Å². The monoisotopic (exact) mass is 143 g/mol. The van der Waals surface area contributed by atoms with Crippen LogP contribution < -0.4 is 0 Å². The number of ketones is 1. The lowest BCUT2D eigenvalue weighted by molar-refractivity contribution is -0.119. The fourth-order valence-electron chi connectivity index (χ4n) is 1.06. The molecule has 1 saturated heterocycles. The number of hydrogen-bond acceptors (Lipinski definition) is 2. The molecular formula is C8H17NO. The smallest absolute Gasteiger partial charge is 0.150 e. The summed E-state index contributed by atoms with van der Waals surface area (Å²) in [6.45, 7) is 7.58. The predicted molar refractivity (Wildman–Crippen MR) is 43.0 cm³/mol. The van der Waals surface area contributed by atoms with Crippen molar-refractivity contribution in [3.05, 3.63) is 0 Å². The largest absolute Gasteiger partial charge is 0.298 e. The Morgan fingerprint density at radius 2 is 2.00 bits per heavy atom. The van der Waals surface area contributed by atoms with Crippen molar-refractivity contribution in [3.63, 3.8) is 0 Å². The van der Waals surface area contributed by atoms with E-state index in [0.717, 1.165) is 6.54 Å². The first-order chi connectivity index (χ1) is 4.70. The van der Waals surface area contributed by atoms with Gasteiger partial charge >= 0.3 is 0 Å². The molecule has 0 aromatic carbocycles. The van der Waals surface area contributed by atoms with Crippen molar-refractivity contribution in [1.82, 2.24) is 4.90 Å². The molecule has 0 amide bonds. The van der Waals surface area contributed by atoms with Gasteiger partial charge in [0.25, 0.3) is 0 Å². The van der Waals surface area contributed by atoms with Gasteiger partial charge in [0.1, 0.15) is 0 Å². The molecule has 1 aliphatic rings. The van der Waals surface area contributed by atoms with Crippen molar-refractivity contribution in [1.29, 1.82) is 0 Å². The van der Waals surface area contributed by atoms with Gasteiger partial charge in [0.05, 0.1) is 6.54 Å². The molecule has 0 radical (unpaired) electrons. The highest BCUT2D eigenvalue weighted by Crippen LogP contribution is 2.07. The van der Waals surface area contributed by atoms with Crippen LogP contribution in [0.25, 0.3) is 0 Å². The second kappa shape index (κ2) is 4.45. The van der Waals surface area contributed by atoms with Crippen LogP contribution >= 0.6 is 0 Å². The Morgan fingerprint density at radius 3 is 2.10 bits per heavy atom. The normalized spacial score (nSPS) is 26.0. The van der Waals surface area contributed by atoms with Crippen LogP contribution in [-0.2, 0) is 4.79 Å². The van der Waals surface area contributed by atoms with Crippen LogP contribution in [-0.4, -0.2) is 30.8 Å². The SMILES string of the molecule is CC.CC1CN(C)CC1=O. The molecule has 2 heteroatoms. The number of hydrogen-bond donors (Lipinski definition) is 0. The molecule has 1 unspecified atom stereocenters. The van der Waals surface area contributed by atoms with Gasteiger partial charge in [-0.25, -0.2) is 0 Å². The van der Waals surface area contributed by atoms with E-state index in [1.807, 2.05) is 32.7 Å². The molecule has 0 N–H and O–H groups in total. The van der Waals surface area contributed by atoms with Gasteiger partial charge in [-0.15, -0.1) is 0 Å². The first kappa shape index (κ1) is 9.63. The van der Waals surface area contributed by atoms with Crippen molar-refractivity contribution in [2.75, 3.05) is 20.1 Å². The molecule has 0 spiro atoms. The van der Waals surface area contributed by atoms with Gasteiger partial charge in [0.2, 0.25) is 0 Å². The number of nitrogens with zero attached hydrogens (tertiary/aromatic N) is 1. The van der Waals surface area contributed by atoms with E-state index in [1.54, 1.807) is 0 Å². The number of likely N-dealkylation sites (N-methyl/N-ethyl adjacent to an activating group) is 1. The summed E-state index contributed by atoms with van der Waals surface area (Å²) in [7, 11) is 1.97. The van der Waals surface area contributed by atoms with Crippen LogP contribution in [0.1, 0.15) is 20.8 Å². The lowest BCUT2D eigenvalue weighted by atomic mass is 10.1. The topological polar surface area (TPSA) is 20.3 Å². The summed E-state index contributed by atoms with van der Waals surface area (Å²) in [4.78, 5) is 12.8. The molecule has 0 saturated carbocycles. The fourth-order valence-corrected chi connectivity index (χ4v) is 1.06. The number of carbonyl (C=O) groups excluding carboxylic acids is 1. The van der Waals surface area contributed by atoms with E-state index < -0.39 is 0 Å². The molecule has 2 nitrogen and oxygen atoms in total. The molecule has 1 aliphatic heterocycles. The maximum atomic E-state index is 10.7. The van der Waals surface area contributed by atoms with Gasteiger partial charge in [-0.05, 0) is 7.05 Å². The molecule has 0 aromatic rings. The second-order valence-corrected chi connectivity index (χ2v) is 2.56. The van der Waals surface area contributed by atoms with Crippen LogP contribution in [0, 0.1) is 5.92 Å². The third-order valence-electron chi connectivity index (χ3n) is 1.56. The Labute approximate surface area is 63.2 Å². The lowest BCUT2D eigenvalue weighted by Crippen LogP contribution is -2.13. The molecule has 1 heterocycles. The van der Waals surface area contributed by atoms with Gasteiger partial charge in [0.15, 0.2) is 5.78 Å². The van der Waals surface area contributed by atoms with E-state index in [-0.39, 0.29) is 5.92 Å². The van der Waals surface area contributed by atoms with Crippen molar-refractivity contribution in [2.24, 2.45) is 5.92 Å². The first-order valence-corrected chi connectivity index (χ1v) is 3.91. The first-order valence-electron chi connectivity index (χ1n) is 3.91. The van der Waals surface area contributed by atoms with Crippen LogP contribution in [0.4, 0.5) is 0 Å². The predicted octanol–water partition coefficient (Wildman–Crippen LogP) is 1.16. The maximum absolute atomic E-state index is 10.7. The zero-order valence-electron chi connectivity index (χ0n) is 7.35.